The second-order valence-corrected chi connectivity index (χ2v) is 11.3. The number of hydrogen-bond acceptors (Lipinski definition) is 6. The summed E-state index contributed by atoms with van der Waals surface area (Å²) in [7, 11) is 1.60. The molecule has 4 aromatic rings. The fourth-order valence-electron chi connectivity index (χ4n) is 4.99. The summed E-state index contributed by atoms with van der Waals surface area (Å²) >= 11 is 1.61. The summed E-state index contributed by atoms with van der Waals surface area (Å²) in [6.07, 6.45) is 1.18. The average Bonchev–Trinajstić information content (AvgIpc) is 3.43. The summed E-state index contributed by atoms with van der Waals surface area (Å²) in [6.45, 7) is 5.67. The molecule has 1 aliphatic heterocycles. The number of methoxy groups -OCH3 is 1. The second-order valence-electron chi connectivity index (χ2n) is 10.2. The molecule has 41 heavy (non-hydrogen) atoms. The lowest BCUT2D eigenvalue weighted by atomic mass is 10.1. The number of thioether (sulfide) groups is 1. The van der Waals surface area contributed by atoms with Gasteiger partial charge in [-0.2, -0.15) is 0 Å². The van der Waals surface area contributed by atoms with Crippen molar-refractivity contribution in [3.63, 3.8) is 0 Å². The Morgan fingerprint density at radius 1 is 0.951 bits per heavy atom. The minimum absolute atomic E-state index is 0.0174. The van der Waals surface area contributed by atoms with Gasteiger partial charge < -0.3 is 14.5 Å². The molecule has 0 bridgehead atoms. The smallest absolute Gasteiger partial charge is 0.254 e. The van der Waals surface area contributed by atoms with E-state index in [4.69, 9.17) is 4.74 Å². The van der Waals surface area contributed by atoms with Gasteiger partial charge in [-0.3, -0.25) is 14.2 Å². The fraction of sp³-hybridized carbons (Fsp3) is 0.312. The molecule has 1 aliphatic rings. The highest BCUT2D eigenvalue weighted by molar-refractivity contribution is 7.99. The maximum absolute atomic E-state index is 13.0. The van der Waals surface area contributed by atoms with Gasteiger partial charge in [-0.25, -0.2) is 0 Å². The van der Waals surface area contributed by atoms with Crippen molar-refractivity contribution >= 4 is 23.6 Å². The van der Waals surface area contributed by atoms with E-state index in [1.807, 2.05) is 47.1 Å². The molecule has 0 saturated carbocycles. The molecular formula is C32H35N5O3S. The van der Waals surface area contributed by atoms with Gasteiger partial charge in [0.15, 0.2) is 11.0 Å². The number of carbonyl (C=O) groups excluding carboxylic acids is 2. The van der Waals surface area contributed by atoms with E-state index in [9.17, 15) is 9.59 Å². The van der Waals surface area contributed by atoms with Gasteiger partial charge in [0.2, 0.25) is 5.91 Å². The summed E-state index contributed by atoms with van der Waals surface area (Å²) in [6, 6.07) is 25.5. The molecule has 1 atom stereocenters. The van der Waals surface area contributed by atoms with Gasteiger partial charge in [-0.05, 0) is 56.7 Å². The van der Waals surface area contributed by atoms with Crippen LogP contribution in [-0.2, 0) is 4.79 Å². The fourth-order valence-corrected chi connectivity index (χ4v) is 5.89. The normalized spacial score (nSPS) is 15.1. The van der Waals surface area contributed by atoms with E-state index >= 15 is 0 Å². The zero-order valence-electron chi connectivity index (χ0n) is 23.7. The molecule has 9 heteroatoms. The number of amides is 2. The van der Waals surface area contributed by atoms with E-state index in [2.05, 4.69) is 46.0 Å². The lowest BCUT2D eigenvalue weighted by molar-refractivity contribution is -0.133. The maximum atomic E-state index is 13.0. The number of nitrogens with zero attached hydrogens (tertiary/aromatic N) is 5. The Bertz CT molecular complexity index is 1470. The molecule has 8 nitrogen and oxygen atoms in total. The maximum Gasteiger partial charge on any atom is 0.254 e. The number of ether oxygens (including phenoxy) is 1. The highest BCUT2D eigenvalue weighted by Crippen LogP contribution is 2.29. The van der Waals surface area contributed by atoms with E-state index in [1.165, 1.54) is 5.56 Å². The number of aromatic nitrogens is 3. The molecule has 212 valence electrons. The molecule has 0 radical (unpaired) electrons. The molecule has 0 spiro atoms. The summed E-state index contributed by atoms with van der Waals surface area (Å²) in [5, 5.41) is 9.82. The highest BCUT2D eigenvalue weighted by atomic mass is 32.2. The van der Waals surface area contributed by atoms with Crippen LogP contribution in [0.25, 0.3) is 17.1 Å². The van der Waals surface area contributed by atoms with Crippen molar-refractivity contribution in [3.8, 4) is 22.8 Å². The molecule has 2 heterocycles. The summed E-state index contributed by atoms with van der Waals surface area (Å²) in [5.74, 6) is 2.37. The van der Waals surface area contributed by atoms with Gasteiger partial charge >= 0.3 is 0 Å². The van der Waals surface area contributed by atoms with E-state index in [-0.39, 0.29) is 17.9 Å². The largest absolute Gasteiger partial charge is 0.497 e. The number of carbonyl (C=O) groups is 2. The number of hydrogen-bond donors (Lipinski definition) is 0. The zero-order chi connectivity index (χ0) is 28.8. The SMILES string of the molecule is COc1ccc(C(=O)N2CCN(C(=O)CCCSc3nnc(-c4ccccc4)n3-c3ccc(C)cc3)CC2C)cc1. The number of aryl methyl sites for hydroxylation is 1. The van der Waals surface area contributed by atoms with Crippen LogP contribution in [0.1, 0.15) is 35.7 Å². The van der Waals surface area contributed by atoms with Crippen LogP contribution in [0.2, 0.25) is 0 Å². The van der Waals surface area contributed by atoms with Crippen LogP contribution < -0.4 is 4.74 Å². The average molecular weight is 570 g/mol. The van der Waals surface area contributed by atoms with E-state index in [1.54, 1.807) is 43.1 Å². The Kier molecular flexibility index (Phi) is 9.04. The lowest BCUT2D eigenvalue weighted by Gasteiger charge is -2.40. The van der Waals surface area contributed by atoms with Gasteiger partial charge in [-0.1, -0.05) is 59.8 Å². The topological polar surface area (TPSA) is 80.6 Å². The molecule has 0 aliphatic carbocycles. The minimum Gasteiger partial charge on any atom is -0.497 e. The lowest BCUT2D eigenvalue weighted by Crippen LogP contribution is -2.55. The van der Waals surface area contributed by atoms with Crippen molar-refractivity contribution in [3.05, 3.63) is 90.0 Å². The predicted octanol–water partition coefficient (Wildman–Crippen LogP) is 5.50. The molecule has 1 aromatic heterocycles. The third kappa shape index (κ3) is 6.62. The van der Waals surface area contributed by atoms with Gasteiger partial charge in [0.25, 0.3) is 5.91 Å². The Morgan fingerprint density at radius 3 is 2.37 bits per heavy atom. The van der Waals surface area contributed by atoms with Crippen LogP contribution in [0.15, 0.2) is 84.0 Å². The number of piperazine rings is 1. The minimum atomic E-state index is -0.0545. The molecule has 5 rings (SSSR count). The van der Waals surface area contributed by atoms with E-state index < -0.39 is 0 Å². The van der Waals surface area contributed by atoms with Crippen molar-refractivity contribution in [2.24, 2.45) is 0 Å². The van der Waals surface area contributed by atoms with Crippen molar-refractivity contribution in [1.82, 2.24) is 24.6 Å². The Morgan fingerprint density at radius 2 is 1.68 bits per heavy atom. The summed E-state index contributed by atoms with van der Waals surface area (Å²) in [5.41, 5.74) is 3.83. The van der Waals surface area contributed by atoms with Crippen LogP contribution in [0.3, 0.4) is 0 Å². The monoisotopic (exact) mass is 569 g/mol. The molecule has 1 unspecified atom stereocenters. The van der Waals surface area contributed by atoms with Gasteiger partial charge in [0.1, 0.15) is 5.75 Å². The molecule has 2 amide bonds. The zero-order valence-corrected chi connectivity index (χ0v) is 24.5. The Labute approximate surface area is 245 Å². The van der Waals surface area contributed by atoms with Crippen LogP contribution in [-0.4, -0.2) is 74.9 Å². The van der Waals surface area contributed by atoms with Crippen molar-refractivity contribution < 1.29 is 14.3 Å². The van der Waals surface area contributed by atoms with E-state index in [0.717, 1.165) is 40.2 Å². The van der Waals surface area contributed by atoms with Crippen molar-refractivity contribution in [2.45, 2.75) is 37.9 Å². The molecular weight excluding hydrogens is 534 g/mol. The van der Waals surface area contributed by atoms with Crippen molar-refractivity contribution in [1.29, 1.82) is 0 Å². The highest BCUT2D eigenvalue weighted by Gasteiger charge is 2.30. The molecule has 0 N–H and O–H groups in total. The Hall–Kier alpha value is -4.11. The third-order valence-electron chi connectivity index (χ3n) is 7.30. The first-order valence-corrected chi connectivity index (χ1v) is 14.9. The first-order chi connectivity index (χ1) is 19.9. The van der Waals surface area contributed by atoms with Crippen LogP contribution in [0.4, 0.5) is 0 Å². The van der Waals surface area contributed by atoms with Crippen LogP contribution in [0.5, 0.6) is 5.75 Å². The summed E-state index contributed by atoms with van der Waals surface area (Å²) in [4.78, 5) is 29.8. The number of benzene rings is 3. The Balaban J connectivity index is 1.16. The van der Waals surface area contributed by atoms with Gasteiger partial charge in [0, 0.05) is 54.7 Å². The predicted molar refractivity (Wildman–Crippen MR) is 162 cm³/mol. The third-order valence-corrected chi connectivity index (χ3v) is 8.32. The molecule has 1 fully saturated rings. The van der Waals surface area contributed by atoms with Gasteiger partial charge in [0.05, 0.1) is 7.11 Å². The second kappa shape index (κ2) is 13.0. The standard InChI is InChI=1S/C32H35N5O3S/c1-23-11-15-27(16-12-23)37-30(25-8-5-4-6-9-25)33-34-32(37)41-21-7-10-29(38)35-19-20-36(24(2)22-35)31(39)26-13-17-28(40-3)18-14-26/h4-6,8-9,11-18,24H,7,10,19-22H2,1-3H3. The van der Waals surface area contributed by atoms with Crippen LogP contribution in [0, 0.1) is 6.92 Å². The first kappa shape index (κ1) is 28.4. The molecule has 1 saturated heterocycles. The van der Waals surface area contributed by atoms with E-state index in [0.29, 0.717) is 31.6 Å². The van der Waals surface area contributed by atoms with Gasteiger partial charge in [-0.15, -0.1) is 10.2 Å². The van der Waals surface area contributed by atoms with Crippen LogP contribution >= 0.6 is 11.8 Å². The molecule has 3 aromatic carbocycles. The number of rotatable bonds is 9. The first-order valence-electron chi connectivity index (χ1n) is 13.9. The summed E-state index contributed by atoms with van der Waals surface area (Å²) < 4.78 is 7.28. The quantitative estimate of drug-likeness (QED) is 0.196. The van der Waals surface area contributed by atoms with Crippen molar-refractivity contribution in [2.75, 3.05) is 32.5 Å².